The van der Waals surface area contributed by atoms with Crippen molar-refractivity contribution in [3.8, 4) is 5.75 Å². The summed E-state index contributed by atoms with van der Waals surface area (Å²) in [6.07, 6.45) is 13.1. The summed E-state index contributed by atoms with van der Waals surface area (Å²) in [5.74, 6) is 3.30. The third kappa shape index (κ3) is 2.67. The maximum atomic E-state index is 12.3. The third-order valence-electron chi connectivity index (χ3n) is 6.27. The second-order valence-electron chi connectivity index (χ2n) is 7.95. The summed E-state index contributed by atoms with van der Waals surface area (Å²) in [6.45, 7) is 0. The van der Waals surface area contributed by atoms with Gasteiger partial charge in [-0.05, 0) is 43.1 Å². The molecule has 1 aliphatic heterocycles. The van der Waals surface area contributed by atoms with Gasteiger partial charge in [-0.15, -0.1) is 0 Å². The quantitative estimate of drug-likeness (QED) is 0.822. The first-order chi connectivity index (χ1) is 12.7. The molecular weight excluding hydrogens is 327 g/mol. The van der Waals surface area contributed by atoms with E-state index < -0.39 is 7.12 Å². The number of carbonyl (C=O) groups excluding carboxylic acids is 1. The van der Waals surface area contributed by atoms with Gasteiger partial charge >= 0.3 is 7.12 Å². The highest BCUT2D eigenvalue weighted by Crippen LogP contribution is 2.46. The van der Waals surface area contributed by atoms with E-state index in [1.807, 2.05) is 5.98 Å². The zero-order valence-corrected chi connectivity index (χ0v) is 14.8. The van der Waals surface area contributed by atoms with Gasteiger partial charge in [0.25, 0.3) is 0 Å². The van der Waals surface area contributed by atoms with Crippen molar-refractivity contribution in [2.45, 2.75) is 51.0 Å². The Kier molecular flexibility index (Phi) is 3.89. The van der Waals surface area contributed by atoms with Crippen LogP contribution in [0.5, 0.6) is 5.75 Å². The average molecular weight is 350 g/mol. The number of rotatable bonds is 3. The average Bonchev–Trinajstić information content (AvgIpc) is 3.27. The Morgan fingerprint density at radius 2 is 2.12 bits per heavy atom. The molecule has 4 aliphatic rings. The number of nitrogens with one attached hydrogen (secondary N) is 1. The van der Waals surface area contributed by atoms with Crippen LogP contribution < -0.4 is 9.97 Å². The molecule has 1 amide bonds. The summed E-state index contributed by atoms with van der Waals surface area (Å²) < 4.78 is 5.58. The first-order valence-electron chi connectivity index (χ1n) is 9.74. The van der Waals surface area contributed by atoms with E-state index >= 15 is 0 Å². The fourth-order valence-corrected chi connectivity index (χ4v) is 4.80. The molecule has 0 aromatic carbocycles. The number of allylic oxidation sites excluding steroid dienone is 2. The van der Waals surface area contributed by atoms with E-state index in [1.165, 1.54) is 12.8 Å². The third-order valence-corrected chi connectivity index (χ3v) is 6.27. The zero-order valence-electron chi connectivity index (χ0n) is 14.8. The molecule has 0 atom stereocenters. The maximum Gasteiger partial charge on any atom is 0.552 e. The molecule has 0 bridgehead atoms. The van der Waals surface area contributed by atoms with Crippen LogP contribution in [0.4, 0.5) is 0 Å². The minimum Gasteiger partial charge on any atom is -0.531 e. The van der Waals surface area contributed by atoms with Gasteiger partial charge in [0.1, 0.15) is 5.75 Å². The number of aromatic nitrogens is 1. The van der Waals surface area contributed by atoms with Crippen LogP contribution in [0.1, 0.15) is 55.3 Å². The molecule has 2 heterocycles. The highest BCUT2D eigenvalue weighted by atomic mass is 16.5. The van der Waals surface area contributed by atoms with Crippen LogP contribution in [0.3, 0.4) is 0 Å². The van der Waals surface area contributed by atoms with E-state index in [0.29, 0.717) is 11.7 Å². The second-order valence-corrected chi connectivity index (χ2v) is 7.95. The molecule has 134 valence electrons. The summed E-state index contributed by atoms with van der Waals surface area (Å²) >= 11 is 0. The van der Waals surface area contributed by atoms with Gasteiger partial charge in [-0.2, -0.15) is 0 Å². The highest BCUT2D eigenvalue weighted by Gasteiger charge is 2.39. The van der Waals surface area contributed by atoms with E-state index in [-0.39, 0.29) is 17.9 Å². The predicted molar refractivity (Wildman–Crippen MR) is 100 cm³/mol. The van der Waals surface area contributed by atoms with Crippen molar-refractivity contribution in [1.29, 1.82) is 0 Å². The lowest BCUT2D eigenvalue weighted by molar-refractivity contribution is -0.126. The van der Waals surface area contributed by atoms with Crippen molar-refractivity contribution in [2.24, 2.45) is 11.8 Å². The number of fused-ring (bicyclic) bond motifs is 3. The van der Waals surface area contributed by atoms with Crippen LogP contribution in [-0.4, -0.2) is 29.1 Å². The summed E-state index contributed by atoms with van der Waals surface area (Å²) in [6, 6.07) is 0.253. The highest BCUT2D eigenvalue weighted by molar-refractivity contribution is 6.52. The van der Waals surface area contributed by atoms with Gasteiger partial charge in [0, 0.05) is 29.5 Å². The number of amides is 1. The van der Waals surface area contributed by atoms with E-state index in [0.717, 1.165) is 54.5 Å². The topological polar surface area (TPSA) is 71.5 Å². The fraction of sp³-hybridized carbons (Fsp3) is 0.500. The van der Waals surface area contributed by atoms with Gasteiger partial charge in [-0.3, -0.25) is 9.78 Å². The standard InChI is InChI=1S/C20H23BN2O3/c24-20(12-4-1-2-5-12)23-14-8-13(9-14)16-10-21(25)26-18-11-22-17-7-3-6-15(17)19(16)18/h3,6,10-14,25H,1-2,4-5,7-9H2,(H,23,24). The van der Waals surface area contributed by atoms with E-state index in [1.54, 1.807) is 6.20 Å². The van der Waals surface area contributed by atoms with Crippen molar-refractivity contribution in [2.75, 3.05) is 0 Å². The van der Waals surface area contributed by atoms with Gasteiger partial charge in [-0.1, -0.05) is 25.0 Å². The molecule has 1 aromatic rings. The molecule has 2 N–H and O–H groups in total. The van der Waals surface area contributed by atoms with Crippen LogP contribution in [0.15, 0.2) is 18.2 Å². The van der Waals surface area contributed by atoms with Crippen LogP contribution in [0.2, 0.25) is 0 Å². The smallest absolute Gasteiger partial charge is 0.531 e. The van der Waals surface area contributed by atoms with Gasteiger partial charge < -0.3 is 15.0 Å². The molecule has 0 saturated heterocycles. The zero-order chi connectivity index (χ0) is 17.7. The van der Waals surface area contributed by atoms with Gasteiger partial charge in [-0.25, -0.2) is 0 Å². The van der Waals surface area contributed by atoms with Crippen LogP contribution in [0, 0.1) is 11.8 Å². The molecular formula is C20H23BN2O3. The summed E-state index contributed by atoms with van der Waals surface area (Å²) in [7, 11) is -0.921. The molecule has 2 saturated carbocycles. The molecule has 0 spiro atoms. The minimum absolute atomic E-state index is 0.221. The van der Waals surface area contributed by atoms with Gasteiger partial charge in [0.2, 0.25) is 5.91 Å². The van der Waals surface area contributed by atoms with Crippen molar-refractivity contribution in [3.05, 3.63) is 35.1 Å². The molecule has 0 unspecified atom stereocenters. The number of hydrogen-bond acceptors (Lipinski definition) is 4. The number of pyridine rings is 1. The second kappa shape index (κ2) is 6.27. The van der Waals surface area contributed by atoms with Crippen LogP contribution in [0.25, 0.3) is 11.6 Å². The normalized spacial score (nSPS) is 26.7. The fourth-order valence-electron chi connectivity index (χ4n) is 4.80. The first kappa shape index (κ1) is 16.1. The molecule has 5 rings (SSSR count). The largest absolute Gasteiger partial charge is 0.552 e. The Bertz CT molecular complexity index is 808. The Morgan fingerprint density at radius 1 is 1.31 bits per heavy atom. The lowest BCUT2D eigenvalue weighted by Crippen LogP contribution is -2.47. The van der Waals surface area contributed by atoms with E-state index in [9.17, 15) is 9.82 Å². The monoisotopic (exact) mass is 350 g/mol. The number of nitrogens with zero attached hydrogens (tertiary/aromatic N) is 1. The van der Waals surface area contributed by atoms with Crippen molar-refractivity contribution < 1.29 is 14.5 Å². The maximum absolute atomic E-state index is 12.3. The SMILES string of the molecule is O=C(NC1CC(C2=CB(O)Oc3cnc4c(c32)C=CC4)C1)C1CCCC1. The first-order valence-corrected chi connectivity index (χ1v) is 9.74. The van der Waals surface area contributed by atoms with Gasteiger partial charge in [0.05, 0.1) is 11.9 Å². The number of carbonyl (C=O) groups is 1. The minimum atomic E-state index is -0.921. The van der Waals surface area contributed by atoms with Gasteiger partial charge in [0.15, 0.2) is 0 Å². The molecule has 6 heteroatoms. The number of hydrogen-bond donors (Lipinski definition) is 2. The van der Waals surface area contributed by atoms with E-state index in [4.69, 9.17) is 4.65 Å². The van der Waals surface area contributed by atoms with Crippen molar-refractivity contribution in [3.63, 3.8) is 0 Å². The van der Waals surface area contributed by atoms with Crippen LogP contribution >= 0.6 is 0 Å². The summed E-state index contributed by atoms with van der Waals surface area (Å²) in [4.78, 5) is 16.8. The Morgan fingerprint density at radius 3 is 2.92 bits per heavy atom. The molecule has 2 fully saturated rings. The summed E-state index contributed by atoms with van der Waals surface area (Å²) in [5.41, 5.74) is 4.43. The van der Waals surface area contributed by atoms with E-state index in [2.05, 4.69) is 22.5 Å². The Balaban J connectivity index is 1.32. The molecule has 26 heavy (non-hydrogen) atoms. The predicted octanol–water partition coefficient (Wildman–Crippen LogP) is 2.53. The van der Waals surface area contributed by atoms with Crippen molar-refractivity contribution in [1.82, 2.24) is 10.3 Å². The van der Waals surface area contributed by atoms with Crippen molar-refractivity contribution >= 4 is 24.7 Å². The molecule has 1 aromatic heterocycles. The molecule has 5 nitrogen and oxygen atoms in total. The lowest BCUT2D eigenvalue weighted by Gasteiger charge is -2.40. The lowest BCUT2D eigenvalue weighted by atomic mass is 9.68. The molecule has 3 aliphatic carbocycles. The molecule has 0 radical (unpaired) electrons. The van der Waals surface area contributed by atoms with Crippen LogP contribution in [-0.2, 0) is 11.2 Å². The Hall–Kier alpha value is -2.08. The summed E-state index contributed by atoms with van der Waals surface area (Å²) in [5, 5.41) is 13.3. The Labute approximate surface area is 153 Å².